The van der Waals surface area contributed by atoms with Gasteiger partial charge in [0.05, 0.1) is 11.4 Å². The third-order valence-electron chi connectivity index (χ3n) is 7.74. The van der Waals surface area contributed by atoms with Gasteiger partial charge in [-0.3, -0.25) is 0 Å². The first-order chi connectivity index (χ1) is 19.1. The van der Waals surface area contributed by atoms with Gasteiger partial charge in [-0.2, -0.15) is 0 Å². The summed E-state index contributed by atoms with van der Waals surface area (Å²) >= 11 is 0. The molecular weight excluding hydrogens is 484 g/mol. The summed E-state index contributed by atoms with van der Waals surface area (Å²) in [6.45, 7) is 17.5. The normalized spacial score (nSPS) is 11.0. The Bertz CT molecular complexity index is 1470. The molecule has 0 saturated carbocycles. The van der Waals surface area contributed by atoms with Gasteiger partial charge in [-0.1, -0.05) is 82.9 Å². The monoisotopic (exact) mass is 524 g/mol. The number of nitrogens with zero attached hydrogens (tertiary/aromatic N) is 2. The van der Waals surface area contributed by atoms with Gasteiger partial charge in [0, 0.05) is 22.7 Å². The van der Waals surface area contributed by atoms with Gasteiger partial charge in [0.1, 0.15) is 0 Å². The van der Waals surface area contributed by atoms with Crippen molar-refractivity contribution in [1.29, 1.82) is 0 Å². The summed E-state index contributed by atoms with van der Waals surface area (Å²) < 4.78 is 0. The molecule has 0 bridgehead atoms. The molecule has 0 spiro atoms. The minimum atomic E-state index is 1.14. The van der Waals surface area contributed by atoms with Crippen molar-refractivity contribution in [3.63, 3.8) is 0 Å². The van der Waals surface area contributed by atoms with E-state index in [1.807, 2.05) is 0 Å². The molecule has 5 aromatic carbocycles. The summed E-state index contributed by atoms with van der Waals surface area (Å²) in [7, 11) is 0. The molecule has 0 aliphatic carbocycles. The SMILES string of the molecule is Cc1ccc(N(c2ccc(C)cc2C)c2ccccc2N(c2ccc(C)cc2C)c2ccc(C)cc2C)c(C)c1. The standard InChI is InChI=1S/C38H40N2/c1-25-13-17-33(29(5)21-25)39(34-18-14-26(2)22-30(34)6)37-11-9-10-12-38(37)40(35-19-15-27(3)23-31(35)7)36-20-16-28(4)24-32(36)8/h9-24H,1-8H3. The Labute approximate surface area is 240 Å². The minimum Gasteiger partial charge on any atom is -0.308 e. The zero-order chi connectivity index (χ0) is 28.6. The summed E-state index contributed by atoms with van der Waals surface area (Å²) in [5.74, 6) is 0. The Morgan fingerprint density at radius 2 is 0.550 bits per heavy atom. The van der Waals surface area contributed by atoms with Gasteiger partial charge in [-0.25, -0.2) is 0 Å². The average molecular weight is 525 g/mol. The van der Waals surface area contributed by atoms with Crippen LogP contribution >= 0.6 is 0 Å². The number of benzene rings is 5. The first-order valence-corrected chi connectivity index (χ1v) is 14.1. The van der Waals surface area contributed by atoms with E-state index in [1.54, 1.807) is 0 Å². The van der Waals surface area contributed by atoms with Crippen molar-refractivity contribution in [2.45, 2.75) is 55.4 Å². The number of anilines is 6. The van der Waals surface area contributed by atoms with Crippen LogP contribution in [-0.2, 0) is 0 Å². The molecule has 0 fully saturated rings. The smallest absolute Gasteiger partial charge is 0.0702 e. The number of hydrogen-bond donors (Lipinski definition) is 0. The van der Waals surface area contributed by atoms with Crippen molar-refractivity contribution in [2.24, 2.45) is 0 Å². The van der Waals surface area contributed by atoms with Crippen LogP contribution in [0.1, 0.15) is 44.5 Å². The zero-order valence-corrected chi connectivity index (χ0v) is 25.1. The molecule has 0 heterocycles. The number of aryl methyl sites for hydroxylation is 8. The van der Waals surface area contributed by atoms with Crippen molar-refractivity contribution in [1.82, 2.24) is 0 Å². The summed E-state index contributed by atoms with van der Waals surface area (Å²) in [6, 6.07) is 35.9. The lowest BCUT2D eigenvalue weighted by Crippen LogP contribution is -2.19. The molecule has 5 aromatic rings. The maximum atomic E-state index is 2.44. The molecule has 2 nitrogen and oxygen atoms in total. The molecule has 0 amide bonds. The fourth-order valence-electron chi connectivity index (χ4n) is 5.85. The van der Waals surface area contributed by atoms with Gasteiger partial charge in [-0.05, 0) is 114 Å². The van der Waals surface area contributed by atoms with Gasteiger partial charge in [0.15, 0.2) is 0 Å². The van der Waals surface area contributed by atoms with E-state index >= 15 is 0 Å². The number of hydrogen-bond acceptors (Lipinski definition) is 2. The van der Waals surface area contributed by atoms with Gasteiger partial charge >= 0.3 is 0 Å². The molecule has 0 aliphatic heterocycles. The van der Waals surface area contributed by atoms with Crippen LogP contribution in [0, 0.1) is 55.4 Å². The van der Waals surface area contributed by atoms with Gasteiger partial charge in [0.2, 0.25) is 0 Å². The molecular formula is C38H40N2. The van der Waals surface area contributed by atoms with Crippen LogP contribution < -0.4 is 9.80 Å². The van der Waals surface area contributed by atoms with E-state index in [0.29, 0.717) is 0 Å². The summed E-state index contributed by atoms with van der Waals surface area (Å²) in [5, 5.41) is 0. The topological polar surface area (TPSA) is 6.48 Å². The molecule has 0 unspecified atom stereocenters. The number of para-hydroxylation sites is 2. The second-order valence-electron chi connectivity index (χ2n) is 11.3. The third kappa shape index (κ3) is 5.27. The highest BCUT2D eigenvalue weighted by Gasteiger charge is 2.25. The van der Waals surface area contributed by atoms with Crippen LogP contribution in [0.25, 0.3) is 0 Å². The maximum absolute atomic E-state index is 2.44. The maximum Gasteiger partial charge on any atom is 0.0702 e. The highest BCUT2D eigenvalue weighted by atomic mass is 15.2. The molecule has 40 heavy (non-hydrogen) atoms. The summed E-state index contributed by atoms with van der Waals surface area (Å²) in [6.07, 6.45) is 0. The highest BCUT2D eigenvalue weighted by Crippen LogP contribution is 2.48. The molecule has 0 aliphatic rings. The van der Waals surface area contributed by atoms with E-state index in [9.17, 15) is 0 Å². The molecule has 0 radical (unpaired) electrons. The van der Waals surface area contributed by atoms with E-state index < -0.39 is 0 Å². The molecule has 2 heteroatoms. The Balaban J connectivity index is 1.84. The van der Waals surface area contributed by atoms with Crippen molar-refractivity contribution in [3.8, 4) is 0 Å². The lowest BCUT2D eigenvalue weighted by molar-refractivity contribution is 1.17. The first kappa shape index (κ1) is 27.3. The second-order valence-corrected chi connectivity index (χ2v) is 11.3. The summed E-state index contributed by atoms with van der Waals surface area (Å²) in [4.78, 5) is 4.89. The Hall–Kier alpha value is -4.30. The van der Waals surface area contributed by atoms with Crippen molar-refractivity contribution < 1.29 is 0 Å². The molecule has 0 N–H and O–H groups in total. The Morgan fingerprint density at radius 3 is 0.775 bits per heavy atom. The lowest BCUT2D eigenvalue weighted by Gasteiger charge is -2.35. The van der Waals surface area contributed by atoms with E-state index in [0.717, 1.165) is 11.4 Å². The van der Waals surface area contributed by atoms with Gasteiger partial charge in [-0.15, -0.1) is 0 Å². The largest absolute Gasteiger partial charge is 0.308 e. The molecule has 202 valence electrons. The van der Waals surface area contributed by atoms with Crippen molar-refractivity contribution in [3.05, 3.63) is 142 Å². The van der Waals surface area contributed by atoms with Crippen LogP contribution in [0.15, 0.2) is 97.1 Å². The zero-order valence-electron chi connectivity index (χ0n) is 25.1. The summed E-state index contributed by atoms with van der Waals surface area (Å²) in [5.41, 5.74) is 17.1. The predicted molar refractivity (Wildman–Crippen MR) is 174 cm³/mol. The molecule has 0 saturated heterocycles. The van der Waals surface area contributed by atoms with E-state index in [1.165, 1.54) is 67.3 Å². The third-order valence-corrected chi connectivity index (χ3v) is 7.74. The highest BCUT2D eigenvalue weighted by molar-refractivity contribution is 5.93. The second kappa shape index (κ2) is 11.1. The van der Waals surface area contributed by atoms with Crippen molar-refractivity contribution >= 4 is 34.1 Å². The quantitative estimate of drug-likeness (QED) is 0.218. The van der Waals surface area contributed by atoms with Crippen LogP contribution in [0.5, 0.6) is 0 Å². The first-order valence-electron chi connectivity index (χ1n) is 14.1. The van der Waals surface area contributed by atoms with Crippen molar-refractivity contribution in [2.75, 3.05) is 9.80 Å². The fraction of sp³-hybridized carbons (Fsp3) is 0.211. The Kier molecular flexibility index (Phi) is 7.54. The fourth-order valence-corrected chi connectivity index (χ4v) is 5.85. The van der Waals surface area contributed by atoms with Crippen LogP contribution in [0.3, 0.4) is 0 Å². The van der Waals surface area contributed by atoms with E-state index in [4.69, 9.17) is 0 Å². The van der Waals surface area contributed by atoms with Gasteiger partial charge in [0.25, 0.3) is 0 Å². The van der Waals surface area contributed by atoms with Crippen LogP contribution in [-0.4, -0.2) is 0 Å². The lowest BCUT2D eigenvalue weighted by atomic mass is 10.0. The average Bonchev–Trinajstić information content (AvgIpc) is 2.89. The molecule has 0 atom stereocenters. The predicted octanol–water partition coefficient (Wildman–Crippen LogP) is 11.1. The van der Waals surface area contributed by atoms with E-state index in [2.05, 4.69) is 162 Å². The van der Waals surface area contributed by atoms with E-state index in [-0.39, 0.29) is 0 Å². The van der Waals surface area contributed by atoms with Crippen LogP contribution in [0.4, 0.5) is 34.1 Å². The van der Waals surface area contributed by atoms with Crippen LogP contribution in [0.2, 0.25) is 0 Å². The Morgan fingerprint density at radius 1 is 0.300 bits per heavy atom. The van der Waals surface area contributed by atoms with Gasteiger partial charge < -0.3 is 9.80 Å². The minimum absolute atomic E-state index is 1.14. The molecule has 0 aromatic heterocycles. The number of rotatable bonds is 6. The molecule has 5 rings (SSSR count).